The van der Waals surface area contributed by atoms with Gasteiger partial charge in [-0.2, -0.15) is 0 Å². The summed E-state index contributed by atoms with van der Waals surface area (Å²) in [7, 11) is 0. The summed E-state index contributed by atoms with van der Waals surface area (Å²) in [5.74, 6) is 0.596. The van der Waals surface area contributed by atoms with Gasteiger partial charge >= 0.3 is 0 Å². The number of likely N-dealkylation sites (tertiary alicyclic amines) is 1. The number of carbonyl (C=O) groups is 1. The number of hydrogen-bond donors (Lipinski definition) is 2. The van der Waals surface area contributed by atoms with Gasteiger partial charge in [-0.3, -0.25) is 4.79 Å². The van der Waals surface area contributed by atoms with Crippen LogP contribution < -0.4 is 10.2 Å². The van der Waals surface area contributed by atoms with Crippen molar-refractivity contribution in [2.75, 3.05) is 13.1 Å². The molecule has 0 radical (unpaired) electrons. The second-order valence-electron chi connectivity index (χ2n) is 7.17. The van der Waals surface area contributed by atoms with Gasteiger partial charge < -0.3 is 10.2 Å². The third kappa shape index (κ3) is 4.95. The minimum absolute atomic E-state index is 0.281. The Balaban J connectivity index is 1.41. The Bertz CT molecular complexity index is 503. The fraction of sp³-hybridized carbons (Fsp3) is 0.632. The number of hydrogen-bond acceptors (Lipinski definition) is 1. The van der Waals surface area contributed by atoms with Crippen LogP contribution in [0.25, 0.3) is 0 Å². The van der Waals surface area contributed by atoms with E-state index < -0.39 is 0 Å². The summed E-state index contributed by atoms with van der Waals surface area (Å²) in [6, 6.07) is 8.55. The standard InChI is InChI=1S/C19H27ClN2O/c20-17-8-6-15(7-9-17)14-22-12-10-18(11-13-22)21-19(23)16-4-2-1-3-5-16/h6-9,16,18H,1-5,10-14H2,(H,21,23)/p+1. The maximum absolute atomic E-state index is 12.3. The molecule has 0 atom stereocenters. The van der Waals surface area contributed by atoms with E-state index in [2.05, 4.69) is 17.4 Å². The predicted octanol–water partition coefficient (Wildman–Crippen LogP) is 2.58. The molecule has 3 nitrogen and oxygen atoms in total. The van der Waals surface area contributed by atoms with Gasteiger partial charge in [0.25, 0.3) is 0 Å². The van der Waals surface area contributed by atoms with Gasteiger partial charge in [0.1, 0.15) is 6.54 Å². The molecule has 1 amide bonds. The lowest BCUT2D eigenvalue weighted by Gasteiger charge is -2.31. The van der Waals surface area contributed by atoms with Crippen LogP contribution in [0.4, 0.5) is 0 Å². The first-order valence-electron chi connectivity index (χ1n) is 9.09. The highest BCUT2D eigenvalue weighted by molar-refractivity contribution is 6.30. The minimum Gasteiger partial charge on any atom is -0.353 e. The van der Waals surface area contributed by atoms with Crippen LogP contribution in [0.2, 0.25) is 5.02 Å². The van der Waals surface area contributed by atoms with E-state index >= 15 is 0 Å². The zero-order valence-electron chi connectivity index (χ0n) is 13.8. The molecule has 1 aromatic rings. The van der Waals surface area contributed by atoms with Gasteiger partial charge in [-0.15, -0.1) is 0 Å². The lowest BCUT2D eigenvalue weighted by molar-refractivity contribution is -0.918. The summed E-state index contributed by atoms with van der Waals surface area (Å²) >= 11 is 5.94. The van der Waals surface area contributed by atoms with Crippen LogP contribution in [0.15, 0.2) is 24.3 Å². The summed E-state index contributed by atoms with van der Waals surface area (Å²) in [5, 5.41) is 4.11. The number of amides is 1. The van der Waals surface area contributed by atoms with E-state index in [1.54, 1.807) is 4.90 Å². The van der Waals surface area contributed by atoms with Crippen molar-refractivity contribution in [2.24, 2.45) is 5.92 Å². The van der Waals surface area contributed by atoms with Crippen LogP contribution >= 0.6 is 11.6 Å². The number of piperidine rings is 1. The van der Waals surface area contributed by atoms with Crippen LogP contribution in [0.1, 0.15) is 50.5 Å². The number of quaternary nitrogens is 1. The van der Waals surface area contributed by atoms with E-state index in [0.29, 0.717) is 11.9 Å². The molecule has 4 heteroatoms. The molecule has 2 aliphatic rings. The molecule has 0 unspecified atom stereocenters. The third-order valence-corrected chi connectivity index (χ3v) is 5.63. The van der Waals surface area contributed by atoms with Gasteiger partial charge in [0, 0.05) is 35.4 Å². The Kier molecular flexibility index (Phi) is 5.96. The van der Waals surface area contributed by atoms with Crippen molar-refractivity contribution in [1.82, 2.24) is 5.32 Å². The van der Waals surface area contributed by atoms with E-state index in [1.807, 2.05) is 12.1 Å². The summed E-state index contributed by atoms with van der Waals surface area (Å²) in [4.78, 5) is 13.9. The van der Waals surface area contributed by atoms with Crippen LogP contribution in [0.5, 0.6) is 0 Å². The number of benzene rings is 1. The number of halogens is 1. The molecule has 2 fully saturated rings. The monoisotopic (exact) mass is 335 g/mol. The molecular weight excluding hydrogens is 308 g/mol. The molecule has 0 aromatic heterocycles. The van der Waals surface area contributed by atoms with Crippen molar-refractivity contribution < 1.29 is 9.69 Å². The number of nitrogens with one attached hydrogen (secondary N) is 2. The quantitative estimate of drug-likeness (QED) is 0.871. The Hall–Kier alpha value is -1.06. The molecule has 1 aromatic carbocycles. The molecule has 1 saturated carbocycles. The molecule has 23 heavy (non-hydrogen) atoms. The predicted molar refractivity (Wildman–Crippen MR) is 93.6 cm³/mol. The van der Waals surface area contributed by atoms with Crippen LogP contribution in [-0.2, 0) is 11.3 Å². The van der Waals surface area contributed by atoms with E-state index in [9.17, 15) is 4.79 Å². The van der Waals surface area contributed by atoms with Gasteiger partial charge in [0.15, 0.2) is 0 Å². The minimum atomic E-state index is 0.281. The van der Waals surface area contributed by atoms with Crippen molar-refractivity contribution >= 4 is 17.5 Å². The van der Waals surface area contributed by atoms with Crippen LogP contribution in [-0.4, -0.2) is 25.0 Å². The Labute approximate surface area is 144 Å². The highest BCUT2D eigenvalue weighted by atomic mass is 35.5. The second kappa shape index (κ2) is 8.16. The van der Waals surface area contributed by atoms with E-state index in [1.165, 1.54) is 24.8 Å². The first-order chi connectivity index (χ1) is 11.2. The maximum atomic E-state index is 12.3. The number of carbonyl (C=O) groups excluding carboxylic acids is 1. The Morgan fingerprint density at radius 1 is 1.04 bits per heavy atom. The number of rotatable bonds is 4. The zero-order valence-corrected chi connectivity index (χ0v) is 14.6. The molecule has 1 aliphatic carbocycles. The summed E-state index contributed by atoms with van der Waals surface area (Å²) in [6.45, 7) is 3.33. The molecular formula is C19H28ClN2O+. The summed E-state index contributed by atoms with van der Waals surface area (Å²) < 4.78 is 0. The molecule has 1 aliphatic heterocycles. The van der Waals surface area contributed by atoms with Crippen molar-refractivity contribution in [3.63, 3.8) is 0 Å². The maximum Gasteiger partial charge on any atom is 0.223 e. The highest BCUT2D eigenvalue weighted by Gasteiger charge is 2.27. The first kappa shape index (κ1) is 16.8. The SMILES string of the molecule is O=C(NC1CC[NH+](Cc2ccc(Cl)cc2)CC1)C1CCCCC1. The lowest BCUT2D eigenvalue weighted by Crippen LogP contribution is -3.12. The molecule has 2 N–H and O–H groups in total. The Morgan fingerprint density at radius 3 is 2.35 bits per heavy atom. The molecule has 0 bridgehead atoms. The average Bonchev–Trinajstić information content (AvgIpc) is 2.59. The van der Waals surface area contributed by atoms with E-state index in [-0.39, 0.29) is 5.92 Å². The Morgan fingerprint density at radius 2 is 1.70 bits per heavy atom. The average molecular weight is 336 g/mol. The normalized spacial score (nSPS) is 26.0. The third-order valence-electron chi connectivity index (χ3n) is 5.38. The molecule has 0 spiro atoms. The summed E-state index contributed by atoms with van der Waals surface area (Å²) in [6.07, 6.45) is 8.13. The highest BCUT2D eigenvalue weighted by Crippen LogP contribution is 2.24. The van der Waals surface area contributed by atoms with E-state index in [4.69, 9.17) is 11.6 Å². The largest absolute Gasteiger partial charge is 0.353 e. The fourth-order valence-corrected chi connectivity index (χ4v) is 4.05. The van der Waals surface area contributed by atoms with Crippen molar-refractivity contribution in [3.8, 4) is 0 Å². The van der Waals surface area contributed by atoms with Crippen LogP contribution in [0, 0.1) is 5.92 Å². The second-order valence-corrected chi connectivity index (χ2v) is 7.61. The smallest absolute Gasteiger partial charge is 0.223 e. The molecule has 1 heterocycles. The first-order valence-corrected chi connectivity index (χ1v) is 9.47. The van der Waals surface area contributed by atoms with E-state index in [0.717, 1.165) is 50.3 Å². The van der Waals surface area contributed by atoms with Crippen molar-refractivity contribution in [2.45, 2.75) is 57.5 Å². The zero-order chi connectivity index (χ0) is 16.1. The van der Waals surface area contributed by atoms with Crippen LogP contribution in [0.3, 0.4) is 0 Å². The summed E-state index contributed by atoms with van der Waals surface area (Å²) in [5.41, 5.74) is 1.34. The molecule has 3 rings (SSSR count). The molecule has 126 valence electrons. The fourth-order valence-electron chi connectivity index (χ4n) is 3.92. The van der Waals surface area contributed by atoms with Gasteiger partial charge in [-0.25, -0.2) is 0 Å². The molecule has 1 saturated heterocycles. The van der Waals surface area contributed by atoms with Gasteiger partial charge in [0.2, 0.25) is 5.91 Å². The lowest BCUT2D eigenvalue weighted by atomic mass is 9.88. The van der Waals surface area contributed by atoms with Crippen molar-refractivity contribution in [3.05, 3.63) is 34.9 Å². The van der Waals surface area contributed by atoms with Gasteiger partial charge in [0.05, 0.1) is 13.1 Å². The van der Waals surface area contributed by atoms with Gasteiger partial charge in [-0.05, 0) is 25.0 Å². The van der Waals surface area contributed by atoms with Gasteiger partial charge in [-0.1, -0.05) is 43.0 Å². The van der Waals surface area contributed by atoms with Crippen molar-refractivity contribution in [1.29, 1.82) is 0 Å². The topological polar surface area (TPSA) is 33.5 Å².